The van der Waals surface area contributed by atoms with Gasteiger partial charge in [-0.15, -0.1) is 0 Å². The van der Waals surface area contributed by atoms with Crippen LogP contribution in [0.4, 0.5) is 0 Å². The molecular weight excluding hydrogens is 242 g/mol. The first-order valence-electron chi connectivity index (χ1n) is 6.73. The van der Waals surface area contributed by atoms with Gasteiger partial charge in [-0.3, -0.25) is 4.79 Å². The predicted molar refractivity (Wildman–Crippen MR) is 74.3 cm³/mol. The summed E-state index contributed by atoms with van der Waals surface area (Å²) in [6.45, 7) is 2.80. The molecule has 0 atom stereocenters. The zero-order valence-electron chi connectivity index (χ0n) is 11.3. The summed E-state index contributed by atoms with van der Waals surface area (Å²) in [5.41, 5.74) is 0.754. The van der Waals surface area contributed by atoms with E-state index in [1.54, 1.807) is 18.2 Å². The Labute approximate surface area is 113 Å². The Morgan fingerprint density at radius 1 is 1.16 bits per heavy atom. The van der Waals surface area contributed by atoms with Crippen molar-refractivity contribution in [1.29, 1.82) is 0 Å². The van der Waals surface area contributed by atoms with Crippen LogP contribution in [0.5, 0.6) is 0 Å². The lowest BCUT2D eigenvalue weighted by molar-refractivity contribution is -0.120. The minimum atomic E-state index is -0.994. The highest BCUT2D eigenvalue weighted by atomic mass is 16.4. The van der Waals surface area contributed by atoms with E-state index < -0.39 is 5.97 Å². The van der Waals surface area contributed by atoms with E-state index in [-0.39, 0.29) is 17.9 Å². The molecule has 0 unspecified atom stereocenters. The van der Waals surface area contributed by atoms with Gasteiger partial charge >= 0.3 is 5.97 Å². The van der Waals surface area contributed by atoms with Gasteiger partial charge in [0.2, 0.25) is 5.91 Å². The Balaban J connectivity index is 2.42. The zero-order valence-corrected chi connectivity index (χ0v) is 11.3. The molecule has 0 fully saturated rings. The second-order valence-corrected chi connectivity index (χ2v) is 4.55. The Kier molecular flexibility index (Phi) is 6.64. The molecular formula is C15H21NO3. The summed E-state index contributed by atoms with van der Waals surface area (Å²) in [6, 6.07) is 6.61. The van der Waals surface area contributed by atoms with E-state index in [2.05, 4.69) is 12.2 Å². The molecule has 0 radical (unpaired) electrons. The number of carbonyl (C=O) groups is 2. The van der Waals surface area contributed by atoms with Crippen LogP contribution in [0.15, 0.2) is 24.3 Å². The molecule has 0 saturated carbocycles. The highest BCUT2D eigenvalue weighted by molar-refractivity contribution is 5.91. The summed E-state index contributed by atoms with van der Waals surface area (Å²) in [6.07, 6.45) is 4.55. The van der Waals surface area contributed by atoms with Gasteiger partial charge in [0.1, 0.15) is 0 Å². The van der Waals surface area contributed by atoms with Crippen molar-refractivity contribution in [1.82, 2.24) is 5.32 Å². The van der Waals surface area contributed by atoms with Gasteiger partial charge in [0, 0.05) is 6.54 Å². The van der Waals surface area contributed by atoms with Crippen molar-refractivity contribution in [3.05, 3.63) is 35.4 Å². The fourth-order valence-corrected chi connectivity index (χ4v) is 1.90. The van der Waals surface area contributed by atoms with Gasteiger partial charge in [0.05, 0.1) is 12.0 Å². The summed E-state index contributed by atoms with van der Waals surface area (Å²) in [7, 11) is 0. The lowest BCUT2D eigenvalue weighted by Gasteiger charge is -2.07. The first-order chi connectivity index (χ1) is 9.15. The summed E-state index contributed by atoms with van der Waals surface area (Å²) in [5.74, 6) is -1.11. The molecule has 0 aliphatic heterocycles. The van der Waals surface area contributed by atoms with Crippen LogP contribution in [-0.4, -0.2) is 23.5 Å². The topological polar surface area (TPSA) is 66.4 Å². The summed E-state index contributed by atoms with van der Waals surface area (Å²) >= 11 is 0. The normalized spacial score (nSPS) is 10.2. The van der Waals surface area contributed by atoms with Crippen LogP contribution in [0, 0.1) is 0 Å². The first-order valence-corrected chi connectivity index (χ1v) is 6.73. The predicted octanol–water partition coefficient (Wildman–Crippen LogP) is 2.62. The molecule has 0 saturated heterocycles. The van der Waals surface area contributed by atoms with Crippen molar-refractivity contribution in [2.75, 3.05) is 6.54 Å². The van der Waals surface area contributed by atoms with E-state index in [1.165, 1.54) is 18.9 Å². The molecule has 1 aromatic rings. The zero-order chi connectivity index (χ0) is 14.1. The van der Waals surface area contributed by atoms with Crippen molar-refractivity contribution in [2.45, 2.75) is 39.0 Å². The van der Waals surface area contributed by atoms with E-state index in [4.69, 9.17) is 5.11 Å². The number of carboxylic acids is 1. The average Bonchev–Trinajstić information content (AvgIpc) is 2.39. The van der Waals surface area contributed by atoms with Gasteiger partial charge in [-0.1, -0.05) is 44.4 Å². The first kappa shape index (κ1) is 15.2. The SMILES string of the molecule is CCCCCCNC(=O)Cc1ccccc1C(=O)O. The van der Waals surface area contributed by atoms with Crippen LogP contribution < -0.4 is 5.32 Å². The molecule has 1 amide bonds. The number of rotatable bonds is 8. The van der Waals surface area contributed by atoms with E-state index in [0.717, 1.165) is 12.8 Å². The van der Waals surface area contributed by atoms with E-state index in [0.29, 0.717) is 12.1 Å². The molecule has 0 aromatic heterocycles. The van der Waals surface area contributed by atoms with Crippen LogP contribution in [0.25, 0.3) is 0 Å². The number of hydrogen-bond donors (Lipinski definition) is 2. The minimum Gasteiger partial charge on any atom is -0.478 e. The smallest absolute Gasteiger partial charge is 0.335 e. The van der Waals surface area contributed by atoms with Gasteiger partial charge in [0.15, 0.2) is 0 Å². The molecule has 4 nitrogen and oxygen atoms in total. The van der Waals surface area contributed by atoms with Crippen molar-refractivity contribution < 1.29 is 14.7 Å². The van der Waals surface area contributed by atoms with Gasteiger partial charge < -0.3 is 10.4 Å². The molecule has 0 aliphatic rings. The number of hydrogen-bond acceptors (Lipinski definition) is 2. The van der Waals surface area contributed by atoms with Gasteiger partial charge in [-0.25, -0.2) is 4.79 Å². The lowest BCUT2D eigenvalue weighted by atomic mass is 10.0. The van der Waals surface area contributed by atoms with Crippen molar-refractivity contribution in [3.8, 4) is 0 Å². The van der Waals surface area contributed by atoms with Crippen LogP contribution in [0.3, 0.4) is 0 Å². The van der Waals surface area contributed by atoms with E-state index in [1.807, 2.05) is 0 Å². The number of carboxylic acid groups (broad SMARTS) is 1. The van der Waals surface area contributed by atoms with E-state index >= 15 is 0 Å². The third-order valence-electron chi connectivity index (χ3n) is 2.95. The van der Waals surface area contributed by atoms with Gasteiger partial charge in [-0.05, 0) is 18.1 Å². The third-order valence-corrected chi connectivity index (χ3v) is 2.95. The summed E-state index contributed by atoms with van der Waals surface area (Å²) in [5, 5.41) is 11.8. The Morgan fingerprint density at radius 2 is 1.89 bits per heavy atom. The minimum absolute atomic E-state index is 0.120. The van der Waals surface area contributed by atoms with Crippen LogP contribution >= 0.6 is 0 Å². The molecule has 1 rings (SSSR count). The quantitative estimate of drug-likeness (QED) is 0.708. The highest BCUT2D eigenvalue weighted by Gasteiger charge is 2.11. The van der Waals surface area contributed by atoms with Gasteiger partial charge in [0.25, 0.3) is 0 Å². The molecule has 1 aromatic carbocycles. The van der Waals surface area contributed by atoms with Crippen LogP contribution in [-0.2, 0) is 11.2 Å². The van der Waals surface area contributed by atoms with Crippen molar-refractivity contribution in [2.24, 2.45) is 0 Å². The lowest BCUT2D eigenvalue weighted by Crippen LogP contribution is -2.26. The Bertz CT molecular complexity index is 429. The summed E-state index contributed by atoms with van der Waals surface area (Å²) < 4.78 is 0. The monoisotopic (exact) mass is 263 g/mol. The molecule has 19 heavy (non-hydrogen) atoms. The largest absolute Gasteiger partial charge is 0.478 e. The Morgan fingerprint density at radius 3 is 2.58 bits per heavy atom. The Hall–Kier alpha value is -1.84. The molecule has 104 valence electrons. The number of unbranched alkanes of at least 4 members (excludes halogenated alkanes) is 3. The average molecular weight is 263 g/mol. The maximum atomic E-state index is 11.7. The second kappa shape index (κ2) is 8.29. The van der Waals surface area contributed by atoms with Crippen LogP contribution in [0.2, 0.25) is 0 Å². The number of amides is 1. The standard InChI is InChI=1S/C15H21NO3/c1-2-3-4-7-10-16-14(17)11-12-8-5-6-9-13(12)15(18)19/h5-6,8-9H,2-4,7,10-11H2,1H3,(H,16,17)(H,18,19). The fourth-order valence-electron chi connectivity index (χ4n) is 1.90. The molecule has 0 heterocycles. The molecule has 4 heteroatoms. The highest BCUT2D eigenvalue weighted by Crippen LogP contribution is 2.09. The number of benzene rings is 1. The molecule has 0 aliphatic carbocycles. The fraction of sp³-hybridized carbons (Fsp3) is 0.467. The third kappa shape index (κ3) is 5.55. The maximum absolute atomic E-state index is 11.7. The summed E-state index contributed by atoms with van der Waals surface area (Å²) in [4.78, 5) is 22.7. The maximum Gasteiger partial charge on any atom is 0.335 e. The second-order valence-electron chi connectivity index (χ2n) is 4.55. The van der Waals surface area contributed by atoms with Crippen molar-refractivity contribution in [3.63, 3.8) is 0 Å². The number of carbonyl (C=O) groups excluding carboxylic acids is 1. The molecule has 0 bridgehead atoms. The molecule has 2 N–H and O–H groups in total. The molecule has 0 spiro atoms. The van der Waals surface area contributed by atoms with Crippen molar-refractivity contribution >= 4 is 11.9 Å². The number of aromatic carboxylic acids is 1. The number of nitrogens with one attached hydrogen (secondary N) is 1. The van der Waals surface area contributed by atoms with Crippen LogP contribution in [0.1, 0.15) is 48.5 Å². The van der Waals surface area contributed by atoms with Gasteiger partial charge in [-0.2, -0.15) is 0 Å². The van der Waals surface area contributed by atoms with E-state index in [9.17, 15) is 9.59 Å².